The molecule has 1 aliphatic carbocycles. The first-order valence-corrected chi connectivity index (χ1v) is 23.5. The Labute approximate surface area is 392 Å². The van der Waals surface area contributed by atoms with Gasteiger partial charge in [-0.15, -0.1) is 11.3 Å². The second-order valence-corrected chi connectivity index (χ2v) is 18.9. The number of benzene rings is 9. The highest BCUT2D eigenvalue weighted by molar-refractivity contribution is 7.22. The highest BCUT2D eigenvalue weighted by atomic mass is 32.1. The molecule has 0 aliphatic heterocycles. The maximum absolute atomic E-state index is 5.11. The Balaban J connectivity index is 0.955. The first kappa shape index (κ1) is 39.1. The Kier molecular flexibility index (Phi) is 8.98. The Morgan fingerprint density at radius 2 is 0.896 bits per heavy atom. The maximum Gasteiger partial charge on any atom is 0.164 e. The van der Waals surface area contributed by atoms with Crippen molar-refractivity contribution in [3.63, 3.8) is 0 Å². The van der Waals surface area contributed by atoms with Gasteiger partial charge < -0.3 is 4.57 Å². The van der Waals surface area contributed by atoms with Gasteiger partial charge in [-0.3, -0.25) is 0 Å². The summed E-state index contributed by atoms with van der Waals surface area (Å²) in [5.41, 5.74) is 18.2. The van der Waals surface area contributed by atoms with Gasteiger partial charge in [0, 0.05) is 49.7 Å². The van der Waals surface area contributed by atoms with Crippen LogP contribution in [0.3, 0.4) is 0 Å². The van der Waals surface area contributed by atoms with Crippen LogP contribution in [0.25, 0.3) is 116 Å². The smallest absolute Gasteiger partial charge is 0.164 e. The van der Waals surface area contributed by atoms with Crippen LogP contribution in [0.2, 0.25) is 0 Å². The van der Waals surface area contributed by atoms with E-state index in [0.29, 0.717) is 17.5 Å². The Hall–Kier alpha value is -8.32. The number of hydrogen-bond donors (Lipinski definition) is 0. The van der Waals surface area contributed by atoms with Crippen LogP contribution < -0.4 is 0 Å². The van der Waals surface area contributed by atoms with Crippen molar-refractivity contribution in [3.8, 4) is 83.8 Å². The van der Waals surface area contributed by atoms with Crippen molar-refractivity contribution >= 4 is 43.4 Å². The van der Waals surface area contributed by atoms with Crippen LogP contribution in [0.1, 0.15) is 25.0 Å². The van der Waals surface area contributed by atoms with E-state index in [2.05, 4.69) is 170 Å². The number of nitrogens with zero attached hydrogens (tertiary/aromatic N) is 5. The minimum absolute atomic E-state index is 0.177. The predicted octanol–water partition coefficient (Wildman–Crippen LogP) is 15.9. The number of aromatic nitrogens is 5. The average Bonchev–Trinajstić information content (AvgIpc) is 4.05. The number of fused-ring (bicyclic) bond motifs is 8. The Morgan fingerprint density at radius 3 is 1.51 bits per heavy atom. The summed E-state index contributed by atoms with van der Waals surface area (Å²) in [5, 5.41) is 3.44. The molecule has 1 aliphatic rings. The first-order chi connectivity index (χ1) is 32.9. The van der Waals surface area contributed by atoms with Gasteiger partial charge in [-0.25, -0.2) is 19.9 Å². The fourth-order valence-corrected chi connectivity index (χ4v) is 11.2. The largest absolute Gasteiger partial charge is 0.309 e. The van der Waals surface area contributed by atoms with Gasteiger partial charge in [0.2, 0.25) is 0 Å². The molecule has 0 radical (unpaired) electrons. The van der Waals surface area contributed by atoms with Crippen molar-refractivity contribution in [2.75, 3.05) is 0 Å². The molecule has 0 atom stereocenters. The van der Waals surface area contributed by atoms with Gasteiger partial charge in [0.25, 0.3) is 0 Å². The van der Waals surface area contributed by atoms with Gasteiger partial charge in [0.15, 0.2) is 17.5 Å². The van der Waals surface area contributed by atoms with E-state index in [1.165, 1.54) is 60.0 Å². The molecule has 5 nitrogen and oxygen atoms in total. The molecule has 0 saturated carbocycles. The maximum atomic E-state index is 5.11. The molecular weight excluding hydrogens is 835 g/mol. The summed E-state index contributed by atoms with van der Waals surface area (Å²) in [6.45, 7) is 4.73. The molecule has 67 heavy (non-hydrogen) atoms. The van der Waals surface area contributed by atoms with Gasteiger partial charge >= 0.3 is 0 Å². The minimum atomic E-state index is -0.177. The Bertz CT molecular complexity index is 3820. The SMILES string of the molecule is CC1(C)c2cc(-c3ccc4c(c3)c3cc(-c5ccccc5)ccc3n4-c3cccc(-c4nc(-c5ccccc5)nc(-c5ccccc5)n4)c3)ccc2-c2c1ccc1nc(-c3ccccc3)sc21. The van der Waals surface area contributed by atoms with Crippen LogP contribution in [0.15, 0.2) is 212 Å². The van der Waals surface area contributed by atoms with Gasteiger partial charge in [-0.1, -0.05) is 178 Å². The van der Waals surface area contributed by atoms with Gasteiger partial charge in [-0.05, 0) is 87.5 Å². The third-order valence-electron chi connectivity index (χ3n) is 13.5. The normalized spacial score (nSPS) is 12.7. The molecule has 3 aromatic heterocycles. The molecule has 0 amide bonds. The fourth-order valence-electron chi connectivity index (χ4n) is 10.1. The summed E-state index contributed by atoms with van der Waals surface area (Å²) >= 11 is 1.80. The third kappa shape index (κ3) is 6.51. The lowest BCUT2D eigenvalue weighted by Crippen LogP contribution is -2.14. The Morgan fingerprint density at radius 1 is 0.388 bits per heavy atom. The van der Waals surface area contributed by atoms with E-state index < -0.39 is 0 Å². The highest BCUT2D eigenvalue weighted by Crippen LogP contribution is 2.54. The molecule has 0 saturated heterocycles. The lowest BCUT2D eigenvalue weighted by Gasteiger charge is -2.22. The van der Waals surface area contributed by atoms with Crippen molar-refractivity contribution in [1.82, 2.24) is 24.5 Å². The monoisotopic (exact) mass is 875 g/mol. The molecule has 0 N–H and O–H groups in total. The standard InChI is InChI=1S/C61H41N5S/c1-61(2)50-30-31-52-56(67-60(62-52)41-22-13-6-14-23-41)55(50)47-29-26-44(37-51(47)61)43-28-33-54-49(36-43)48-35-42(38-16-7-3-8-17-38)27-32-53(48)66(54)46-25-15-24-45(34-46)59-64-57(39-18-9-4-10-19-39)63-58(65-59)40-20-11-5-12-21-40/h3-37H,1-2H3. The first-order valence-electron chi connectivity index (χ1n) is 22.7. The summed E-state index contributed by atoms with van der Waals surface area (Å²) < 4.78 is 3.64. The number of hydrogen-bond acceptors (Lipinski definition) is 5. The zero-order valence-electron chi connectivity index (χ0n) is 36.9. The van der Waals surface area contributed by atoms with Crippen molar-refractivity contribution in [3.05, 3.63) is 223 Å². The summed E-state index contributed by atoms with van der Waals surface area (Å²) in [4.78, 5) is 20.2. The van der Waals surface area contributed by atoms with Gasteiger partial charge in [0.1, 0.15) is 5.01 Å². The van der Waals surface area contributed by atoms with E-state index in [0.717, 1.165) is 49.5 Å². The van der Waals surface area contributed by atoms with E-state index in [1.54, 1.807) is 11.3 Å². The molecule has 0 spiro atoms. The fraction of sp³-hybridized carbons (Fsp3) is 0.0492. The second-order valence-electron chi connectivity index (χ2n) is 17.9. The zero-order chi connectivity index (χ0) is 44.6. The van der Waals surface area contributed by atoms with Crippen LogP contribution in [-0.2, 0) is 5.41 Å². The lowest BCUT2D eigenvalue weighted by molar-refractivity contribution is 0.661. The van der Waals surface area contributed by atoms with Crippen LogP contribution in [-0.4, -0.2) is 24.5 Å². The molecular formula is C61H41N5S. The molecule has 316 valence electrons. The van der Waals surface area contributed by atoms with Crippen molar-refractivity contribution < 1.29 is 0 Å². The molecule has 12 aromatic rings. The summed E-state index contributed by atoms with van der Waals surface area (Å²) in [5.74, 6) is 1.90. The van der Waals surface area contributed by atoms with Crippen LogP contribution in [0.5, 0.6) is 0 Å². The van der Waals surface area contributed by atoms with Crippen LogP contribution in [0.4, 0.5) is 0 Å². The summed E-state index contributed by atoms with van der Waals surface area (Å²) in [7, 11) is 0. The molecule has 3 heterocycles. The number of rotatable bonds is 7. The average molecular weight is 876 g/mol. The van der Waals surface area contributed by atoms with E-state index in [-0.39, 0.29) is 5.41 Å². The molecule has 13 rings (SSSR count). The van der Waals surface area contributed by atoms with Crippen LogP contribution in [0, 0.1) is 0 Å². The molecule has 9 aromatic carbocycles. The zero-order valence-corrected chi connectivity index (χ0v) is 37.7. The van der Waals surface area contributed by atoms with Crippen LogP contribution >= 0.6 is 11.3 Å². The quantitative estimate of drug-likeness (QED) is 0.160. The topological polar surface area (TPSA) is 56.5 Å². The second kappa shape index (κ2) is 15.4. The van der Waals surface area contributed by atoms with Gasteiger partial charge in [0.05, 0.1) is 21.3 Å². The van der Waals surface area contributed by atoms with Crippen molar-refractivity contribution in [1.29, 1.82) is 0 Å². The number of thiazole rings is 1. The molecule has 0 unspecified atom stereocenters. The van der Waals surface area contributed by atoms with Crippen molar-refractivity contribution in [2.24, 2.45) is 0 Å². The minimum Gasteiger partial charge on any atom is -0.309 e. The van der Waals surface area contributed by atoms with E-state index in [1.807, 2.05) is 60.7 Å². The van der Waals surface area contributed by atoms with Gasteiger partial charge in [-0.2, -0.15) is 0 Å². The predicted molar refractivity (Wildman–Crippen MR) is 278 cm³/mol. The highest BCUT2D eigenvalue weighted by Gasteiger charge is 2.37. The summed E-state index contributed by atoms with van der Waals surface area (Å²) in [6, 6.07) is 75.5. The third-order valence-corrected chi connectivity index (χ3v) is 14.6. The molecule has 0 bridgehead atoms. The molecule has 6 heteroatoms. The van der Waals surface area contributed by atoms with E-state index >= 15 is 0 Å². The summed E-state index contributed by atoms with van der Waals surface area (Å²) in [6.07, 6.45) is 0. The van der Waals surface area contributed by atoms with Crippen molar-refractivity contribution in [2.45, 2.75) is 19.3 Å². The van der Waals surface area contributed by atoms with E-state index in [4.69, 9.17) is 19.9 Å². The van der Waals surface area contributed by atoms with E-state index in [9.17, 15) is 0 Å². The lowest BCUT2D eigenvalue weighted by atomic mass is 9.81. The molecule has 0 fully saturated rings.